The number of carbonyl (C=O) groups excluding carboxylic acids is 1. The predicted octanol–water partition coefficient (Wildman–Crippen LogP) is 4.88. The van der Waals surface area contributed by atoms with Gasteiger partial charge in [-0.25, -0.2) is 4.98 Å². The van der Waals surface area contributed by atoms with Gasteiger partial charge in [0.05, 0.1) is 10.6 Å². The van der Waals surface area contributed by atoms with Crippen LogP contribution >= 0.6 is 22.7 Å². The summed E-state index contributed by atoms with van der Waals surface area (Å²) in [7, 11) is 0. The Balaban J connectivity index is 1.48. The number of carbonyl (C=O) groups is 1. The van der Waals surface area contributed by atoms with Gasteiger partial charge in [-0.2, -0.15) is 4.98 Å². The van der Waals surface area contributed by atoms with Gasteiger partial charge in [0, 0.05) is 6.08 Å². The third-order valence-corrected chi connectivity index (χ3v) is 5.54. The van der Waals surface area contributed by atoms with E-state index in [1.807, 2.05) is 54.8 Å². The van der Waals surface area contributed by atoms with Gasteiger partial charge in [-0.15, -0.1) is 11.3 Å². The second-order valence-corrected chi connectivity index (χ2v) is 7.51. The minimum Gasteiger partial charge on any atom is -0.333 e. The van der Waals surface area contributed by atoms with Crippen LogP contribution in [0.25, 0.3) is 27.5 Å². The van der Waals surface area contributed by atoms with Crippen LogP contribution in [0.3, 0.4) is 0 Å². The average molecular weight is 394 g/mol. The monoisotopic (exact) mass is 394 g/mol. The van der Waals surface area contributed by atoms with E-state index in [-0.39, 0.29) is 5.91 Å². The molecule has 0 unspecified atom stereocenters. The standard InChI is InChI=1S/C19H14N4O2S2/c1-12-16(18-22-17(23-25-18)14-8-5-11-26-14)27-19(20-12)21-15(24)10-9-13-6-3-2-4-7-13/h2-11H,1H3,(H,20,21,24)/b10-9+. The highest BCUT2D eigenvalue weighted by Crippen LogP contribution is 2.33. The second kappa shape index (κ2) is 7.65. The minimum atomic E-state index is -0.246. The van der Waals surface area contributed by atoms with Crippen molar-refractivity contribution in [1.29, 1.82) is 0 Å². The number of aromatic nitrogens is 3. The van der Waals surface area contributed by atoms with Crippen LogP contribution in [0.15, 0.2) is 58.4 Å². The summed E-state index contributed by atoms with van der Waals surface area (Å²) in [5, 5.41) is 9.23. The maximum atomic E-state index is 12.1. The number of aryl methyl sites for hydroxylation is 1. The summed E-state index contributed by atoms with van der Waals surface area (Å²) in [5.41, 5.74) is 1.68. The first-order valence-electron chi connectivity index (χ1n) is 8.08. The fourth-order valence-electron chi connectivity index (χ4n) is 2.35. The quantitative estimate of drug-likeness (QED) is 0.488. The number of hydrogen-bond acceptors (Lipinski definition) is 7. The fraction of sp³-hybridized carbons (Fsp3) is 0.0526. The summed E-state index contributed by atoms with van der Waals surface area (Å²) in [6.45, 7) is 1.84. The molecule has 8 heteroatoms. The van der Waals surface area contributed by atoms with Crippen LogP contribution in [0.5, 0.6) is 0 Å². The Bertz CT molecular complexity index is 1080. The Morgan fingerprint density at radius 1 is 1.15 bits per heavy atom. The van der Waals surface area contributed by atoms with Crippen LogP contribution in [0.2, 0.25) is 0 Å². The highest BCUT2D eigenvalue weighted by atomic mass is 32.1. The molecule has 3 aromatic heterocycles. The molecule has 1 N–H and O–H groups in total. The van der Waals surface area contributed by atoms with Gasteiger partial charge in [-0.05, 0) is 30.0 Å². The highest BCUT2D eigenvalue weighted by molar-refractivity contribution is 7.19. The fourth-order valence-corrected chi connectivity index (χ4v) is 3.89. The molecular weight excluding hydrogens is 380 g/mol. The lowest BCUT2D eigenvalue weighted by molar-refractivity contribution is -0.111. The van der Waals surface area contributed by atoms with E-state index < -0.39 is 0 Å². The van der Waals surface area contributed by atoms with Crippen molar-refractivity contribution in [3.63, 3.8) is 0 Å². The van der Waals surface area contributed by atoms with Gasteiger partial charge in [0.15, 0.2) is 5.13 Å². The third kappa shape index (κ3) is 4.02. The summed E-state index contributed by atoms with van der Waals surface area (Å²) in [6, 6.07) is 13.5. The van der Waals surface area contributed by atoms with E-state index in [0.29, 0.717) is 16.8 Å². The molecule has 0 aliphatic heterocycles. The lowest BCUT2D eigenvalue weighted by Crippen LogP contribution is -2.07. The molecule has 27 heavy (non-hydrogen) atoms. The number of benzene rings is 1. The van der Waals surface area contributed by atoms with Gasteiger partial charge in [0.1, 0.15) is 4.88 Å². The van der Waals surface area contributed by atoms with Crippen molar-refractivity contribution in [3.8, 4) is 21.5 Å². The van der Waals surface area contributed by atoms with Crippen molar-refractivity contribution in [2.45, 2.75) is 6.92 Å². The number of hydrogen-bond donors (Lipinski definition) is 1. The first-order chi connectivity index (χ1) is 13.2. The molecule has 4 rings (SSSR count). The summed E-state index contributed by atoms with van der Waals surface area (Å²) in [6.07, 6.45) is 3.23. The Kier molecular flexibility index (Phi) is 4.91. The third-order valence-electron chi connectivity index (χ3n) is 3.62. The zero-order chi connectivity index (χ0) is 18.6. The Morgan fingerprint density at radius 2 is 2.00 bits per heavy atom. The van der Waals surface area contributed by atoms with Gasteiger partial charge < -0.3 is 4.52 Å². The number of anilines is 1. The van der Waals surface area contributed by atoms with E-state index in [4.69, 9.17) is 4.52 Å². The molecule has 1 amide bonds. The molecular formula is C19H14N4O2S2. The van der Waals surface area contributed by atoms with E-state index in [1.54, 1.807) is 17.4 Å². The predicted molar refractivity (Wildman–Crippen MR) is 108 cm³/mol. The van der Waals surface area contributed by atoms with Crippen molar-refractivity contribution >= 4 is 39.8 Å². The van der Waals surface area contributed by atoms with Crippen LogP contribution in [0.4, 0.5) is 5.13 Å². The van der Waals surface area contributed by atoms with Crippen LogP contribution in [0, 0.1) is 6.92 Å². The molecule has 0 bridgehead atoms. The van der Waals surface area contributed by atoms with Crippen molar-refractivity contribution in [2.75, 3.05) is 5.32 Å². The molecule has 0 spiro atoms. The van der Waals surface area contributed by atoms with Crippen LogP contribution in [-0.2, 0) is 4.79 Å². The molecule has 0 radical (unpaired) electrons. The average Bonchev–Trinajstić information content (AvgIpc) is 3.41. The van der Waals surface area contributed by atoms with Gasteiger partial charge in [0.25, 0.3) is 5.89 Å². The molecule has 3 heterocycles. The number of rotatable bonds is 5. The first kappa shape index (κ1) is 17.3. The Morgan fingerprint density at radius 3 is 2.78 bits per heavy atom. The first-order valence-corrected chi connectivity index (χ1v) is 9.78. The summed E-state index contributed by atoms with van der Waals surface area (Å²) in [4.78, 5) is 22.6. The molecule has 0 saturated carbocycles. The van der Waals surface area contributed by atoms with E-state index >= 15 is 0 Å². The summed E-state index contributed by atoms with van der Waals surface area (Å²) >= 11 is 2.85. The molecule has 0 saturated heterocycles. The molecule has 0 aliphatic rings. The largest absolute Gasteiger partial charge is 0.333 e. The number of nitrogens with zero attached hydrogens (tertiary/aromatic N) is 3. The highest BCUT2D eigenvalue weighted by Gasteiger charge is 2.18. The minimum absolute atomic E-state index is 0.246. The molecule has 0 fully saturated rings. The number of thiazole rings is 1. The van der Waals surface area contributed by atoms with Crippen molar-refractivity contribution in [2.24, 2.45) is 0 Å². The SMILES string of the molecule is Cc1nc(NC(=O)/C=C/c2ccccc2)sc1-c1nc(-c2cccs2)no1. The van der Waals surface area contributed by atoms with Gasteiger partial charge >= 0.3 is 0 Å². The topological polar surface area (TPSA) is 80.9 Å². The Labute approximate surface area is 163 Å². The lowest BCUT2D eigenvalue weighted by atomic mass is 10.2. The summed E-state index contributed by atoms with van der Waals surface area (Å²) < 4.78 is 5.37. The molecule has 1 aromatic carbocycles. The van der Waals surface area contributed by atoms with Crippen LogP contribution in [0.1, 0.15) is 11.3 Å². The van der Waals surface area contributed by atoms with E-state index in [9.17, 15) is 4.79 Å². The second-order valence-electron chi connectivity index (χ2n) is 5.57. The van der Waals surface area contributed by atoms with Crippen molar-refractivity contribution < 1.29 is 9.32 Å². The zero-order valence-electron chi connectivity index (χ0n) is 14.2. The molecule has 134 valence electrons. The van der Waals surface area contributed by atoms with Crippen molar-refractivity contribution in [3.05, 3.63) is 65.2 Å². The van der Waals surface area contributed by atoms with Crippen LogP contribution < -0.4 is 5.32 Å². The molecule has 0 aliphatic carbocycles. The normalized spacial score (nSPS) is 11.1. The number of thiophene rings is 1. The van der Waals surface area contributed by atoms with E-state index in [0.717, 1.165) is 21.0 Å². The maximum Gasteiger partial charge on any atom is 0.270 e. The van der Waals surface area contributed by atoms with Gasteiger partial charge in [-0.3, -0.25) is 10.1 Å². The van der Waals surface area contributed by atoms with E-state index in [1.165, 1.54) is 17.4 Å². The zero-order valence-corrected chi connectivity index (χ0v) is 15.9. The maximum absolute atomic E-state index is 12.1. The number of amides is 1. The molecule has 4 aromatic rings. The van der Waals surface area contributed by atoms with Gasteiger partial charge in [0.2, 0.25) is 11.7 Å². The smallest absolute Gasteiger partial charge is 0.270 e. The van der Waals surface area contributed by atoms with Crippen molar-refractivity contribution in [1.82, 2.24) is 15.1 Å². The lowest BCUT2D eigenvalue weighted by Gasteiger charge is -1.95. The molecule has 6 nitrogen and oxygen atoms in total. The summed E-state index contributed by atoms with van der Waals surface area (Å²) in [5.74, 6) is 0.696. The van der Waals surface area contributed by atoms with Gasteiger partial charge in [-0.1, -0.05) is 52.9 Å². The molecule has 0 atom stereocenters. The van der Waals surface area contributed by atoms with Crippen LogP contribution in [-0.4, -0.2) is 21.0 Å². The Hall–Kier alpha value is -3.10. The number of nitrogens with one attached hydrogen (secondary N) is 1. The van der Waals surface area contributed by atoms with E-state index in [2.05, 4.69) is 20.4 Å².